The molecule has 0 aliphatic heterocycles. The highest BCUT2D eigenvalue weighted by Gasteiger charge is 2.13. The molecule has 0 bridgehead atoms. The summed E-state index contributed by atoms with van der Waals surface area (Å²) in [4.78, 5) is 4.37. The Kier molecular flexibility index (Phi) is 4.00. The van der Waals surface area contributed by atoms with Crippen LogP contribution in [-0.2, 0) is 6.42 Å². The Hall–Kier alpha value is -1.83. The van der Waals surface area contributed by atoms with Gasteiger partial charge in [0, 0.05) is 5.56 Å². The molecule has 2 nitrogen and oxygen atoms in total. The van der Waals surface area contributed by atoms with Gasteiger partial charge in [0.25, 0.3) is 0 Å². The lowest BCUT2D eigenvalue weighted by Gasteiger charge is -2.21. The average molecular weight is 266 g/mol. The molecule has 2 aromatic rings. The van der Waals surface area contributed by atoms with E-state index in [1.165, 1.54) is 44.1 Å². The molecule has 0 spiro atoms. The molecule has 1 aliphatic rings. The third-order valence-corrected chi connectivity index (χ3v) is 4.27. The van der Waals surface area contributed by atoms with E-state index in [4.69, 9.17) is 5.73 Å². The first-order valence-corrected chi connectivity index (χ1v) is 7.63. The van der Waals surface area contributed by atoms with Gasteiger partial charge in [-0.1, -0.05) is 62.4 Å². The molecule has 3 rings (SSSR count). The lowest BCUT2D eigenvalue weighted by molar-refractivity contribution is 0.356. The van der Waals surface area contributed by atoms with E-state index in [0.717, 1.165) is 17.2 Å². The van der Waals surface area contributed by atoms with Gasteiger partial charge < -0.3 is 5.73 Å². The molecular weight excluding hydrogens is 244 g/mol. The predicted molar refractivity (Wildman–Crippen MR) is 84.4 cm³/mol. The van der Waals surface area contributed by atoms with Gasteiger partial charge in [-0.25, -0.2) is 4.98 Å². The molecule has 1 saturated carbocycles. The lowest BCUT2D eigenvalue weighted by Crippen LogP contribution is -2.09. The smallest absolute Gasteiger partial charge is 0.124 e. The van der Waals surface area contributed by atoms with Crippen LogP contribution in [0.5, 0.6) is 0 Å². The highest BCUT2D eigenvalue weighted by Crippen LogP contribution is 2.27. The van der Waals surface area contributed by atoms with Crippen LogP contribution in [0, 0.1) is 5.92 Å². The number of anilines is 1. The normalized spacial score (nSPS) is 16.2. The van der Waals surface area contributed by atoms with Crippen LogP contribution in [-0.4, -0.2) is 4.98 Å². The maximum Gasteiger partial charge on any atom is 0.124 e. The third kappa shape index (κ3) is 3.19. The van der Waals surface area contributed by atoms with Crippen molar-refractivity contribution in [1.29, 1.82) is 0 Å². The summed E-state index contributed by atoms with van der Waals surface area (Å²) in [5.41, 5.74) is 9.28. The topological polar surface area (TPSA) is 38.9 Å². The number of hydrogen-bond donors (Lipinski definition) is 1. The fourth-order valence-electron chi connectivity index (χ4n) is 3.15. The van der Waals surface area contributed by atoms with Gasteiger partial charge in [-0.2, -0.15) is 0 Å². The molecule has 1 aromatic heterocycles. The van der Waals surface area contributed by atoms with E-state index in [-0.39, 0.29) is 0 Å². The van der Waals surface area contributed by atoms with Crippen LogP contribution in [0.15, 0.2) is 42.5 Å². The maximum atomic E-state index is 5.74. The van der Waals surface area contributed by atoms with E-state index < -0.39 is 0 Å². The Morgan fingerprint density at radius 1 is 0.950 bits per heavy atom. The van der Waals surface area contributed by atoms with Crippen molar-refractivity contribution in [3.8, 4) is 11.3 Å². The summed E-state index contributed by atoms with van der Waals surface area (Å²) in [6.45, 7) is 0. The van der Waals surface area contributed by atoms with E-state index in [2.05, 4.69) is 29.2 Å². The van der Waals surface area contributed by atoms with E-state index >= 15 is 0 Å². The Balaban J connectivity index is 1.71. The van der Waals surface area contributed by atoms with Crippen molar-refractivity contribution in [2.75, 3.05) is 5.73 Å². The zero-order valence-corrected chi connectivity index (χ0v) is 11.9. The zero-order valence-electron chi connectivity index (χ0n) is 11.9. The standard InChI is InChI=1S/C18H22N2/c19-18-8-4-7-17(20-18)16-11-9-15(10-12-16)13-14-5-2-1-3-6-14/h4,7-12,14H,1-3,5-6,13H2,(H2,19,20). The molecule has 0 radical (unpaired) electrons. The quantitative estimate of drug-likeness (QED) is 0.891. The zero-order chi connectivity index (χ0) is 13.8. The van der Waals surface area contributed by atoms with Gasteiger partial charge in [-0.15, -0.1) is 0 Å². The molecule has 1 aliphatic carbocycles. The third-order valence-electron chi connectivity index (χ3n) is 4.27. The molecular formula is C18H22N2. The summed E-state index contributed by atoms with van der Waals surface area (Å²) >= 11 is 0. The van der Waals surface area contributed by atoms with Gasteiger partial charge in [0.2, 0.25) is 0 Å². The van der Waals surface area contributed by atoms with E-state index in [0.29, 0.717) is 5.82 Å². The minimum atomic E-state index is 0.578. The Morgan fingerprint density at radius 3 is 2.40 bits per heavy atom. The van der Waals surface area contributed by atoms with Crippen LogP contribution in [0.25, 0.3) is 11.3 Å². The van der Waals surface area contributed by atoms with E-state index in [1.807, 2.05) is 18.2 Å². The van der Waals surface area contributed by atoms with Gasteiger partial charge in [0.1, 0.15) is 5.82 Å². The monoisotopic (exact) mass is 266 g/mol. The van der Waals surface area contributed by atoms with Crippen molar-refractivity contribution in [3.63, 3.8) is 0 Å². The minimum absolute atomic E-state index is 0.578. The second kappa shape index (κ2) is 6.08. The molecule has 1 fully saturated rings. The largest absolute Gasteiger partial charge is 0.384 e. The number of hydrogen-bond acceptors (Lipinski definition) is 2. The van der Waals surface area contributed by atoms with Gasteiger partial charge in [0.15, 0.2) is 0 Å². The summed E-state index contributed by atoms with van der Waals surface area (Å²) < 4.78 is 0. The molecule has 0 atom stereocenters. The molecule has 0 unspecified atom stereocenters. The number of rotatable bonds is 3. The molecule has 0 saturated heterocycles. The first kappa shape index (κ1) is 13.2. The van der Waals surface area contributed by atoms with Gasteiger partial charge in [0.05, 0.1) is 5.69 Å². The number of nitrogens with two attached hydrogens (primary N) is 1. The minimum Gasteiger partial charge on any atom is -0.384 e. The van der Waals surface area contributed by atoms with Crippen LogP contribution in [0.1, 0.15) is 37.7 Å². The number of benzene rings is 1. The molecule has 2 heteroatoms. The lowest BCUT2D eigenvalue weighted by atomic mass is 9.85. The van der Waals surface area contributed by atoms with Crippen molar-refractivity contribution < 1.29 is 0 Å². The summed E-state index contributed by atoms with van der Waals surface area (Å²) in [7, 11) is 0. The number of nitrogen functional groups attached to an aromatic ring is 1. The van der Waals surface area contributed by atoms with Crippen molar-refractivity contribution in [3.05, 3.63) is 48.0 Å². The SMILES string of the molecule is Nc1cccc(-c2ccc(CC3CCCCC3)cc2)n1. The Bertz CT molecular complexity index is 554. The van der Waals surface area contributed by atoms with Crippen LogP contribution < -0.4 is 5.73 Å². The first-order valence-electron chi connectivity index (χ1n) is 7.63. The highest BCUT2D eigenvalue weighted by atomic mass is 14.8. The second-order valence-corrected chi connectivity index (χ2v) is 5.85. The second-order valence-electron chi connectivity index (χ2n) is 5.85. The number of pyridine rings is 1. The van der Waals surface area contributed by atoms with Crippen LogP contribution in [0.2, 0.25) is 0 Å². The molecule has 2 N–H and O–H groups in total. The van der Waals surface area contributed by atoms with E-state index in [1.54, 1.807) is 0 Å². The molecule has 104 valence electrons. The van der Waals surface area contributed by atoms with Crippen molar-refractivity contribution in [2.45, 2.75) is 38.5 Å². The van der Waals surface area contributed by atoms with Gasteiger partial charge in [-0.05, 0) is 30.0 Å². The van der Waals surface area contributed by atoms with Crippen LogP contribution in [0.3, 0.4) is 0 Å². The summed E-state index contributed by atoms with van der Waals surface area (Å²) in [5.74, 6) is 1.47. The van der Waals surface area contributed by atoms with Crippen LogP contribution >= 0.6 is 0 Å². The van der Waals surface area contributed by atoms with Crippen molar-refractivity contribution in [1.82, 2.24) is 4.98 Å². The van der Waals surface area contributed by atoms with Crippen molar-refractivity contribution in [2.24, 2.45) is 5.92 Å². The molecule has 20 heavy (non-hydrogen) atoms. The fourth-order valence-corrected chi connectivity index (χ4v) is 3.15. The maximum absolute atomic E-state index is 5.74. The van der Waals surface area contributed by atoms with Gasteiger partial charge in [-0.3, -0.25) is 0 Å². The van der Waals surface area contributed by atoms with Gasteiger partial charge >= 0.3 is 0 Å². The van der Waals surface area contributed by atoms with E-state index in [9.17, 15) is 0 Å². The van der Waals surface area contributed by atoms with Crippen LogP contribution in [0.4, 0.5) is 5.82 Å². The number of aromatic nitrogens is 1. The molecule has 0 amide bonds. The predicted octanol–water partition coefficient (Wildman–Crippen LogP) is 4.45. The Labute approximate surface area is 121 Å². The van der Waals surface area contributed by atoms with Crippen molar-refractivity contribution >= 4 is 5.82 Å². The molecule has 1 aromatic carbocycles. The Morgan fingerprint density at radius 2 is 1.70 bits per heavy atom. The fraction of sp³-hybridized carbons (Fsp3) is 0.389. The summed E-state index contributed by atoms with van der Waals surface area (Å²) in [5, 5.41) is 0. The average Bonchev–Trinajstić information content (AvgIpc) is 2.49. The summed E-state index contributed by atoms with van der Waals surface area (Å²) in [6.07, 6.45) is 8.28. The first-order chi connectivity index (χ1) is 9.81. The number of nitrogens with zero attached hydrogens (tertiary/aromatic N) is 1. The summed E-state index contributed by atoms with van der Waals surface area (Å²) in [6, 6.07) is 14.6. The highest BCUT2D eigenvalue weighted by molar-refractivity contribution is 5.61. The molecule has 1 heterocycles.